The van der Waals surface area contributed by atoms with Gasteiger partial charge in [-0.2, -0.15) is 0 Å². The van der Waals surface area contributed by atoms with E-state index in [0.29, 0.717) is 6.04 Å². The van der Waals surface area contributed by atoms with Crippen molar-refractivity contribution in [3.63, 3.8) is 0 Å². The molecular weight excluding hydrogens is 164 g/mol. The van der Waals surface area contributed by atoms with Crippen molar-refractivity contribution in [2.24, 2.45) is 0 Å². The molecule has 0 unspecified atom stereocenters. The molecule has 0 aromatic carbocycles. The molecule has 4 nitrogen and oxygen atoms in total. The highest BCUT2D eigenvalue weighted by molar-refractivity contribution is 5.48. The number of anilines is 2. The van der Waals surface area contributed by atoms with Gasteiger partial charge in [0, 0.05) is 26.2 Å². The fourth-order valence-electron chi connectivity index (χ4n) is 1.33. The molecule has 0 bridgehead atoms. The standard InChI is InChI=1S/C9H14N4/c1-10-8-5-9(12-6-11-8)13(2)7-3-4-7/h5-7H,3-4H2,1-2H3,(H,10,11,12). The Balaban J connectivity index is 2.18. The molecule has 0 atom stereocenters. The molecular formula is C9H14N4. The number of hydrogen-bond acceptors (Lipinski definition) is 4. The number of nitrogens with one attached hydrogen (secondary N) is 1. The first-order valence-electron chi connectivity index (χ1n) is 4.54. The van der Waals surface area contributed by atoms with Gasteiger partial charge in [0.25, 0.3) is 0 Å². The van der Waals surface area contributed by atoms with Crippen LogP contribution in [0.15, 0.2) is 12.4 Å². The lowest BCUT2D eigenvalue weighted by Gasteiger charge is -2.17. The molecule has 0 radical (unpaired) electrons. The lowest BCUT2D eigenvalue weighted by atomic mass is 10.4. The van der Waals surface area contributed by atoms with E-state index in [2.05, 4.69) is 27.2 Å². The third kappa shape index (κ3) is 1.71. The van der Waals surface area contributed by atoms with Gasteiger partial charge in [0.1, 0.15) is 18.0 Å². The zero-order valence-electron chi connectivity index (χ0n) is 7.99. The molecule has 70 valence electrons. The summed E-state index contributed by atoms with van der Waals surface area (Å²) in [6.07, 6.45) is 4.17. The van der Waals surface area contributed by atoms with Crippen molar-refractivity contribution in [3.8, 4) is 0 Å². The lowest BCUT2D eigenvalue weighted by molar-refractivity contribution is 0.886. The van der Waals surface area contributed by atoms with E-state index >= 15 is 0 Å². The van der Waals surface area contributed by atoms with Crippen molar-refractivity contribution in [3.05, 3.63) is 12.4 Å². The number of aromatic nitrogens is 2. The molecule has 0 aliphatic heterocycles. The summed E-state index contributed by atoms with van der Waals surface area (Å²) in [6, 6.07) is 2.66. The molecule has 1 aliphatic rings. The van der Waals surface area contributed by atoms with Crippen LogP contribution in [-0.4, -0.2) is 30.1 Å². The minimum atomic E-state index is 0.694. The van der Waals surface area contributed by atoms with Gasteiger partial charge in [0.2, 0.25) is 0 Å². The van der Waals surface area contributed by atoms with Gasteiger partial charge in [-0.15, -0.1) is 0 Å². The van der Waals surface area contributed by atoms with Gasteiger partial charge in [0.15, 0.2) is 0 Å². The van der Waals surface area contributed by atoms with Crippen LogP contribution in [-0.2, 0) is 0 Å². The van der Waals surface area contributed by atoms with Gasteiger partial charge >= 0.3 is 0 Å². The van der Waals surface area contributed by atoms with Gasteiger partial charge in [-0.3, -0.25) is 0 Å². The Hall–Kier alpha value is -1.32. The Morgan fingerprint density at radius 3 is 2.85 bits per heavy atom. The first-order valence-corrected chi connectivity index (χ1v) is 4.54. The Morgan fingerprint density at radius 1 is 1.46 bits per heavy atom. The second kappa shape index (κ2) is 3.20. The average Bonchev–Trinajstić information content (AvgIpc) is 3.00. The molecule has 4 heteroatoms. The highest BCUT2D eigenvalue weighted by Gasteiger charge is 2.27. The van der Waals surface area contributed by atoms with E-state index in [-0.39, 0.29) is 0 Å². The average molecular weight is 178 g/mol. The van der Waals surface area contributed by atoms with Crippen LogP contribution >= 0.6 is 0 Å². The molecule has 1 N–H and O–H groups in total. The van der Waals surface area contributed by atoms with E-state index in [1.54, 1.807) is 6.33 Å². The molecule has 2 rings (SSSR count). The first-order chi connectivity index (χ1) is 6.31. The predicted molar refractivity (Wildman–Crippen MR) is 53.0 cm³/mol. The quantitative estimate of drug-likeness (QED) is 0.753. The summed E-state index contributed by atoms with van der Waals surface area (Å²) in [4.78, 5) is 10.5. The number of rotatable bonds is 3. The van der Waals surface area contributed by atoms with Crippen molar-refractivity contribution in [1.82, 2.24) is 9.97 Å². The Labute approximate surface area is 78.0 Å². The minimum absolute atomic E-state index is 0.694. The molecule has 1 aromatic heterocycles. The minimum Gasteiger partial charge on any atom is -0.373 e. The van der Waals surface area contributed by atoms with Crippen molar-refractivity contribution >= 4 is 11.6 Å². The first kappa shape index (κ1) is 8.29. The van der Waals surface area contributed by atoms with E-state index < -0.39 is 0 Å². The maximum atomic E-state index is 4.22. The summed E-state index contributed by atoms with van der Waals surface area (Å²) in [5, 5.41) is 3.00. The Morgan fingerprint density at radius 2 is 2.23 bits per heavy atom. The summed E-state index contributed by atoms with van der Waals surface area (Å²) >= 11 is 0. The van der Waals surface area contributed by atoms with Gasteiger partial charge in [0.05, 0.1) is 0 Å². The summed E-state index contributed by atoms with van der Waals surface area (Å²) in [5.41, 5.74) is 0. The molecule has 0 spiro atoms. The van der Waals surface area contributed by atoms with Gasteiger partial charge in [-0.05, 0) is 12.8 Å². The molecule has 1 fully saturated rings. The topological polar surface area (TPSA) is 41.0 Å². The van der Waals surface area contributed by atoms with Crippen LogP contribution in [0.4, 0.5) is 11.6 Å². The zero-order valence-corrected chi connectivity index (χ0v) is 7.99. The van der Waals surface area contributed by atoms with Gasteiger partial charge < -0.3 is 10.2 Å². The van der Waals surface area contributed by atoms with Crippen LogP contribution in [0.3, 0.4) is 0 Å². The fraction of sp³-hybridized carbons (Fsp3) is 0.556. The Kier molecular flexibility index (Phi) is 2.04. The molecule has 0 amide bonds. The fourth-order valence-corrected chi connectivity index (χ4v) is 1.33. The molecule has 0 saturated heterocycles. The highest BCUT2D eigenvalue weighted by atomic mass is 15.2. The summed E-state index contributed by atoms with van der Waals surface area (Å²) in [5.74, 6) is 1.87. The number of nitrogens with zero attached hydrogens (tertiary/aromatic N) is 3. The lowest BCUT2D eigenvalue weighted by Crippen LogP contribution is -2.20. The molecule has 1 heterocycles. The second-order valence-corrected chi connectivity index (χ2v) is 3.35. The molecule has 1 saturated carbocycles. The predicted octanol–water partition coefficient (Wildman–Crippen LogP) is 1.12. The number of hydrogen-bond donors (Lipinski definition) is 1. The molecule has 13 heavy (non-hydrogen) atoms. The van der Waals surface area contributed by atoms with E-state index in [1.807, 2.05) is 13.1 Å². The van der Waals surface area contributed by atoms with Crippen molar-refractivity contribution in [1.29, 1.82) is 0 Å². The second-order valence-electron chi connectivity index (χ2n) is 3.35. The monoisotopic (exact) mass is 178 g/mol. The van der Waals surface area contributed by atoms with E-state index in [4.69, 9.17) is 0 Å². The maximum Gasteiger partial charge on any atom is 0.134 e. The van der Waals surface area contributed by atoms with E-state index in [1.165, 1.54) is 12.8 Å². The van der Waals surface area contributed by atoms with Crippen molar-refractivity contribution in [2.75, 3.05) is 24.3 Å². The van der Waals surface area contributed by atoms with Crippen LogP contribution in [0.2, 0.25) is 0 Å². The van der Waals surface area contributed by atoms with Crippen LogP contribution in [0.1, 0.15) is 12.8 Å². The maximum absolute atomic E-state index is 4.22. The molecule has 1 aromatic rings. The van der Waals surface area contributed by atoms with Crippen LogP contribution in [0.5, 0.6) is 0 Å². The van der Waals surface area contributed by atoms with Crippen molar-refractivity contribution in [2.45, 2.75) is 18.9 Å². The Bertz CT molecular complexity index is 295. The van der Waals surface area contributed by atoms with Gasteiger partial charge in [-0.1, -0.05) is 0 Å². The van der Waals surface area contributed by atoms with Gasteiger partial charge in [-0.25, -0.2) is 9.97 Å². The van der Waals surface area contributed by atoms with Crippen LogP contribution < -0.4 is 10.2 Å². The smallest absolute Gasteiger partial charge is 0.134 e. The van der Waals surface area contributed by atoms with E-state index in [0.717, 1.165) is 11.6 Å². The van der Waals surface area contributed by atoms with Crippen LogP contribution in [0, 0.1) is 0 Å². The summed E-state index contributed by atoms with van der Waals surface area (Å²) in [6.45, 7) is 0. The van der Waals surface area contributed by atoms with Crippen molar-refractivity contribution < 1.29 is 0 Å². The summed E-state index contributed by atoms with van der Waals surface area (Å²) in [7, 11) is 3.95. The molecule has 1 aliphatic carbocycles. The van der Waals surface area contributed by atoms with E-state index in [9.17, 15) is 0 Å². The zero-order chi connectivity index (χ0) is 9.26. The van der Waals surface area contributed by atoms with Crippen LogP contribution in [0.25, 0.3) is 0 Å². The largest absolute Gasteiger partial charge is 0.373 e. The summed E-state index contributed by atoms with van der Waals surface area (Å²) < 4.78 is 0. The third-order valence-corrected chi connectivity index (χ3v) is 2.36. The SMILES string of the molecule is CNc1cc(N(C)C2CC2)ncn1. The normalized spacial score (nSPS) is 15.5. The third-order valence-electron chi connectivity index (χ3n) is 2.36. The highest BCUT2D eigenvalue weighted by Crippen LogP contribution is 2.29.